The Labute approximate surface area is 180 Å². The summed E-state index contributed by atoms with van der Waals surface area (Å²) >= 11 is 0. The van der Waals surface area contributed by atoms with Gasteiger partial charge in [-0.3, -0.25) is 0 Å². The van der Waals surface area contributed by atoms with E-state index >= 15 is 0 Å². The van der Waals surface area contributed by atoms with Crippen molar-refractivity contribution in [1.82, 2.24) is 10.6 Å². The molecule has 1 rings (SSSR count). The van der Waals surface area contributed by atoms with E-state index in [1.807, 2.05) is 6.92 Å². The van der Waals surface area contributed by atoms with Crippen molar-refractivity contribution >= 4 is 39.8 Å². The van der Waals surface area contributed by atoms with Crippen LogP contribution in [0, 0.1) is 5.82 Å². The van der Waals surface area contributed by atoms with Gasteiger partial charge in [0.15, 0.2) is 15.8 Å². The number of hydrogen-bond donors (Lipinski definition) is 2. The predicted octanol–water partition coefficient (Wildman–Crippen LogP) is 3.78. The van der Waals surface area contributed by atoms with Gasteiger partial charge in [0.05, 0.1) is 12.3 Å². The van der Waals surface area contributed by atoms with Crippen molar-refractivity contribution in [1.29, 1.82) is 0 Å². The van der Waals surface area contributed by atoms with Gasteiger partial charge in [0.2, 0.25) is 0 Å². The van der Waals surface area contributed by atoms with E-state index in [1.165, 1.54) is 18.2 Å². The molecular weight excluding hydrogens is 513 g/mol. The van der Waals surface area contributed by atoms with Gasteiger partial charge in [0, 0.05) is 25.8 Å². The highest BCUT2D eigenvalue weighted by molar-refractivity contribution is 14.0. The second-order valence-corrected chi connectivity index (χ2v) is 8.32. The number of alkyl halides is 3. The van der Waals surface area contributed by atoms with Crippen molar-refractivity contribution in [2.24, 2.45) is 4.99 Å². The van der Waals surface area contributed by atoms with Crippen LogP contribution in [0.5, 0.6) is 0 Å². The van der Waals surface area contributed by atoms with E-state index in [-0.39, 0.29) is 42.7 Å². The van der Waals surface area contributed by atoms with Gasteiger partial charge in [-0.25, -0.2) is 17.8 Å². The first-order valence-corrected chi connectivity index (χ1v) is 10.6. The maximum atomic E-state index is 13.5. The van der Waals surface area contributed by atoms with Crippen molar-refractivity contribution in [3.8, 4) is 0 Å². The van der Waals surface area contributed by atoms with E-state index in [1.54, 1.807) is 0 Å². The average molecular weight is 539 g/mol. The topological polar surface area (TPSA) is 70.6 Å². The number of hydrogen-bond acceptors (Lipinski definition) is 3. The van der Waals surface area contributed by atoms with E-state index in [2.05, 4.69) is 15.6 Å². The fraction of sp³-hybridized carbons (Fsp3) is 0.588. The largest absolute Gasteiger partial charge is 0.389 e. The van der Waals surface area contributed by atoms with Gasteiger partial charge in [-0.2, -0.15) is 13.2 Å². The molecule has 11 heteroatoms. The lowest BCUT2D eigenvalue weighted by atomic mass is 10.1. The number of sulfone groups is 1. The Morgan fingerprint density at radius 2 is 1.82 bits per heavy atom. The quantitative estimate of drug-likeness (QED) is 0.165. The Hall–Kier alpha value is -1.11. The summed E-state index contributed by atoms with van der Waals surface area (Å²) in [5.74, 6) is -0.346. The molecule has 5 nitrogen and oxygen atoms in total. The van der Waals surface area contributed by atoms with Crippen molar-refractivity contribution in [2.75, 3.05) is 19.3 Å². The zero-order valence-electron chi connectivity index (χ0n) is 15.8. The van der Waals surface area contributed by atoms with E-state index in [0.29, 0.717) is 36.6 Å². The van der Waals surface area contributed by atoms with Gasteiger partial charge < -0.3 is 10.6 Å². The van der Waals surface area contributed by atoms with Crippen LogP contribution in [0.3, 0.4) is 0 Å². The number of rotatable bonds is 9. The van der Waals surface area contributed by atoms with Crippen LogP contribution in [0.15, 0.2) is 23.2 Å². The molecule has 0 unspecified atom stereocenters. The highest BCUT2D eigenvalue weighted by Crippen LogP contribution is 2.21. The fourth-order valence-electron chi connectivity index (χ4n) is 2.33. The lowest BCUT2D eigenvalue weighted by Crippen LogP contribution is -2.37. The van der Waals surface area contributed by atoms with Crippen LogP contribution in [-0.4, -0.2) is 39.9 Å². The molecule has 1 aromatic carbocycles. The summed E-state index contributed by atoms with van der Waals surface area (Å²) in [6.45, 7) is 2.72. The predicted molar refractivity (Wildman–Crippen MR) is 113 cm³/mol. The minimum absolute atomic E-state index is 0. The summed E-state index contributed by atoms with van der Waals surface area (Å²) in [7, 11) is -3.29. The minimum Gasteiger partial charge on any atom is -0.357 e. The maximum Gasteiger partial charge on any atom is 0.389 e. The molecule has 0 fully saturated rings. The number of unbranched alkanes of at least 4 members (excludes halogenated alkanes) is 1. The van der Waals surface area contributed by atoms with Gasteiger partial charge in [-0.1, -0.05) is 6.07 Å². The Bertz CT molecular complexity index is 740. The molecule has 0 aliphatic carbocycles. The zero-order valence-corrected chi connectivity index (χ0v) is 18.9. The van der Waals surface area contributed by atoms with Crippen LogP contribution in [0.25, 0.3) is 0 Å². The van der Waals surface area contributed by atoms with Crippen molar-refractivity contribution < 1.29 is 26.0 Å². The normalized spacial score (nSPS) is 12.4. The average Bonchev–Trinajstić information content (AvgIpc) is 2.52. The lowest BCUT2D eigenvalue weighted by Gasteiger charge is -2.13. The second kappa shape index (κ2) is 12.5. The van der Waals surface area contributed by atoms with Crippen molar-refractivity contribution in [2.45, 2.75) is 44.7 Å². The molecule has 2 N–H and O–H groups in total. The van der Waals surface area contributed by atoms with Gasteiger partial charge in [0.25, 0.3) is 0 Å². The molecule has 0 aromatic heterocycles. The molecule has 0 heterocycles. The third-order valence-corrected chi connectivity index (χ3v) is 4.35. The number of nitrogens with one attached hydrogen (secondary N) is 2. The summed E-state index contributed by atoms with van der Waals surface area (Å²) in [5, 5.41) is 5.87. The van der Waals surface area contributed by atoms with Crippen molar-refractivity contribution in [3.05, 3.63) is 35.1 Å². The van der Waals surface area contributed by atoms with Gasteiger partial charge in [-0.05, 0) is 43.0 Å². The van der Waals surface area contributed by atoms with Crippen LogP contribution < -0.4 is 10.6 Å². The van der Waals surface area contributed by atoms with E-state index in [0.717, 1.165) is 6.26 Å². The van der Waals surface area contributed by atoms with Crippen LogP contribution in [0.1, 0.15) is 37.3 Å². The summed E-state index contributed by atoms with van der Waals surface area (Å²) in [4.78, 5) is 4.27. The molecule has 0 aliphatic heterocycles. The Balaban J connectivity index is 0.00000729. The third-order valence-electron chi connectivity index (χ3n) is 3.52. The molecule has 28 heavy (non-hydrogen) atoms. The zero-order chi connectivity index (χ0) is 20.5. The third kappa shape index (κ3) is 12.4. The van der Waals surface area contributed by atoms with Crippen LogP contribution >= 0.6 is 24.0 Å². The van der Waals surface area contributed by atoms with E-state index in [9.17, 15) is 26.0 Å². The van der Waals surface area contributed by atoms with E-state index in [4.69, 9.17) is 0 Å². The molecule has 1 aromatic rings. The summed E-state index contributed by atoms with van der Waals surface area (Å²) < 4.78 is 72.9. The molecule has 0 saturated heterocycles. The van der Waals surface area contributed by atoms with Gasteiger partial charge in [-0.15, -0.1) is 24.0 Å². The number of guanidine groups is 1. The molecule has 162 valence electrons. The smallest absolute Gasteiger partial charge is 0.357 e. The lowest BCUT2D eigenvalue weighted by molar-refractivity contribution is -0.135. The molecule has 0 atom stereocenters. The SMILES string of the molecule is CCNC(=NCc1cc(F)ccc1CS(C)(=O)=O)NCCCCC(F)(F)F.I. The fourth-order valence-corrected chi connectivity index (χ4v) is 3.17. The summed E-state index contributed by atoms with van der Waals surface area (Å²) in [6, 6.07) is 3.84. The second-order valence-electron chi connectivity index (χ2n) is 6.18. The maximum absolute atomic E-state index is 13.5. The number of nitrogens with zero attached hydrogens (tertiary/aromatic N) is 1. The molecule has 0 saturated carbocycles. The molecular formula is C17H26F4IN3O2S. The Morgan fingerprint density at radius 1 is 1.14 bits per heavy atom. The molecule has 0 radical (unpaired) electrons. The molecule has 0 aliphatic rings. The Morgan fingerprint density at radius 3 is 2.39 bits per heavy atom. The van der Waals surface area contributed by atoms with Crippen molar-refractivity contribution in [3.63, 3.8) is 0 Å². The monoisotopic (exact) mass is 539 g/mol. The first-order valence-electron chi connectivity index (χ1n) is 8.54. The molecule has 0 amide bonds. The standard InChI is InChI=1S/C17H25F4N3O2S.HI/c1-3-22-16(23-9-5-4-8-17(19,20)21)24-11-14-10-15(18)7-6-13(14)12-27(2,25)26;/h6-7,10H,3-5,8-9,11-12H2,1-2H3,(H2,22,23,24);1H. The van der Waals surface area contributed by atoms with Gasteiger partial charge >= 0.3 is 6.18 Å². The van der Waals surface area contributed by atoms with Crippen LogP contribution in [0.2, 0.25) is 0 Å². The Kier molecular flexibility index (Phi) is 12.0. The summed E-state index contributed by atoms with van der Waals surface area (Å²) in [6.07, 6.45) is -3.57. The van der Waals surface area contributed by atoms with Crippen LogP contribution in [-0.2, 0) is 22.1 Å². The highest BCUT2D eigenvalue weighted by atomic mass is 127. The number of benzene rings is 1. The first kappa shape index (κ1) is 26.9. The highest BCUT2D eigenvalue weighted by Gasteiger charge is 2.25. The molecule has 0 spiro atoms. The first-order chi connectivity index (χ1) is 12.5. The number of halogens is 5. The van der Waals surface area contributed by atoms with Gasteiger partial charge in [0.1, 0.15) is 5.82 Å². The summed E-state index contributed by atoms with van der Waals surface area (Å²) in [5.41, 5.74) is 0.901. The number of aliphatic imine (C=N–C) groups is 1. The van der Waals surface area contributed by atoms with E-state index < -0.39 is 28.3 Å². The van der Waals surface area contributed by atoms with Crippen LogP contribution in [0.4, 0.5) is 17.6 Å². The minimum atomic E-state index is -4.16. The molecule has 0 bridgehead atoms.